The van der Waals surface area contributed by atoms with Gasteiger partial charge in [-0.15, -0.1) is 0 Å². The fourth-order valence-corrected chi connectivity index (χ4v) is 2.79. The topological polar surface area (TPSA) is 65.2 Å². The van der Waals surface area contributed by atoms with Gasteiger partial charge in [0.25, 0.3) is 5.91 Å². The summed E-state index contributed by atoms with van der Waals surface area (Å²) >= 11 is 3.64. The molecule has 0 radical (unpaired) electrons. The molecular formula is C14H9F4I2N3O2. The summed E-state index contributed by atoms with van der Waals surface area (Å²) in [6.45, 7) is 1.46. The molecule has 0 atom stereocenters. The summed E-state index contributed by atoms with van der Waals surface area (Å²) in [5.41, 5.74) is -2.47. The number of aromatic amines is 1. The Morgan fingerprint density at radius 3 is 2.44 bits per heavy atom. The Bertz CT molecular complexity index is 881. The van der Waals surface area contributed by atoms with E-state index in [2.05, 4.69) is 5.32 Å². The second kappa shape index (κ2) is 7.47. The molecule has 2 N–H and O–H groups in total. The van der Waals surface area contributed by atoms with Crippen molar-refractivity contribution < 1.29 is 22.4 Å². The van der Waals surface area contributed by atoms with E-state index in [9.17, 15) is 27.2 Å². The number of anilines is 2. The molecule has 0 aliphatic heterocycles. The quantitative estimate of drug-likeness (QED) is 0.317. The number of halogens is 6. The predicted octanol–water partition coefficient (Wildman–Crippen LogP) is 4.60. The molecule has 25 heavy (non-hydrogen) atoms. The number of nitrogens with zero attached hydrogens (tertiary/aromatic N) is 1. The lowest BCUT2D eigenvalue weighted by atomic mass is 10.1. The Morgan fingerprint density at radius 2 is 1.88 bits per heavy atom. The molecule has 0 aliphatic carbocycles. The van der Waals surface area contributed by atoms with Gasteiger partial charge in [-0.1, -0.05) is 0 Å². The van der Waals surface area contributed by atoms with Gasteiger partial charge in [-0.3, -0.25) is 10.9 Å². The zero-order valence-corrected chi connectivity index (χ0v) is 16.7. The van der Waals surface area contributed by atoms with Gasteiger partial charge in [0.2, 0.25) is 5.56 Å². The van der Waals surface area contributed by atoms with Crippen molar-refractivity contribution in [3.8, 4) is 0 Å². The van der Waals surface area contributed by atoms with Crippen LogP contribution in [0.4, 0.5) is 28.9 Å². The zero-order valence-electron chi connectivity index (χ0n) is 12.3. The number of pyridine rings is 1. The van der Waals surface area contributed by atoms with Crippen LogP contribution in [0.25, 0.3) is 0 Å². The fraction of sp³-hybridized carbons (Fsp3) is 0.143. The van der Waals surface area contributed by atoms with E-state index in [0.717, 1.165) is 6.07 Å². The van der Waals surface area contributed by atoms with E-state index >= 15 is 0 Å². The largest absolute Gasteiger partial charge is 0.417 e. The lowest BCUT2D eigenvalue weighted by Gasteiger charge is -2.17. The number of alkyl halides is 3. The van der Waals surface area contributed by atoms with Gasteiger partial charge in [-0.2, -0.15) is 13.2 Å². The second-order valence-corrected chi connectivity index (χ2v) is 8.70. The molecule has 2 rings (SSSR count). The van der Waals surface area contributed by atoms with Gasteiger partial charge in [0.1, 0.15) is 5.82 Å². The number of amides is 1. The van der Waals surface area contributed by atoms with Crippen LogP contribution in [0.2, 0.25) is 0 Å². The highest BCUT2D eigenvalue weighted by atomic mass is 127. The van der Waals surface area contributed by atoms with Gasteiger partial charge in [0.15, 0.2) is 0 Å². The zero-order chi connectivity index (χ0) is 18.9. The Balaban J connectivity index is 2.49. The fourth-order valence-electron chi connectivity index (χ4n) is 1.99. The van der Waals surface area contributed by atoms with Crippen LogP contribution in [-0.2, 0) is 6.18 Å². The third-order valence-corrected chi connectivity index (χ3v) is 4.22. The van der Waals surface area contributed by atoms with E-state index in [1.165, 1.54) is 14.3 Å². The van der Waals surface area contributed by atoms with Gasteiger partial charge < -0.3 is 10.3 Å². The average molecular weight is 581 g/mol. The molecule has 0 fully saturated rings. The number of benzene rings is 1. The summed E-state index contributed by atoms with van der Waals surface area (Å²) < 4.78 is 54.3. The highest BCUT2D eigenvalue weighted by Crippen LogP contribution is 2.35. The van der Waals surface area contributed by atoms with Crippen LogP contribution < -0.4 is 12.2 Å². The number of carbonyl (C=O) groups is 1. The maximum absolute atomic E-state index is 13.7. The van der Waals surface area contributed by atoms with Crippen molar-refractivity contribution in [2.75, 3.05) is 6.64 Å². The van der Waals surface area contributed by atoms with Crippen molar-refractivity contribution in [1.29, 1.82) is 0 Å². The minimum Gasteiger partial charge on any atom is -0.328 e. The number of carbonyl (C=O) groups excluding carboxylic acids is 1. The number of rotatable bonds is 3. The normalized spacial score (nSPS) is 11.3. The number of nitrogens with one attached hydrogen (secondary N) is 2. The van der Waals surface area contributed by atoms with Crippen molar-refractivity contribution in [2.24, 2.45) is 0 Å². The van der Waals surface area contributed by atoms with Crippen molar-refractivity contribution in [2.45, 2.75) is 13.1 Å². The molecule has 0 saturated heterocycles. The van der Waals surface area contributed by atoms with Crippen LogP contribution in [0, 0.1) is 12.7 Å². The summed E-state index contributed by atoms with van der Waals surface area (Å²) in [5.74, 6) is -1.60. The molecule has 1 aromatic heterocycles. The molecule has 11 heteroatoms. The molecule has 1 aromatic carbocycles. The second-order valence-electron chi connectivity index (χ2n) is 4.93. The van der Waals surface area contributed by atoms with Gasteiger partial charge in [0.05, 0.1) is 68.2 Å². The van der Waals surface area contributed by atoms with Gasteiger partial charge >= 0.3 is 6.18 Å². The van der Waals surface area contributed by atoms with Crippen molar-refractivity contribution >= 4 is 63.0 Å². The molecular weight excluding hydrogens is 572 g/mol. The Labute approximate surface area is 166 Å². The maximum Gasteiger partial charge on any atom is 0.417 e. The third-order valence-electron chi connectivity index (χ3n) is 3.18. The first-order valence-electron chi connectivity index (χ1n) is 6.54. The average Bonchev–Trinajstić information content (AvgIpc) is 2.49. The van der Waals surface area contributed by atoms with E-state index in [4.69, 9.17) is 0 Å². The van der Waals surface area contributed by atoms with Crippen LogP contribution in [0.3, 0.4) is 0 Å². The first-order valence-corrected chi connectivity index (χ1v) is 8.46. The van der Waals surface area contributed by atoms with E-state index < -0.39 is 34.6 Å². The Kier molecular flexibility index (Phi) is 5.96. The number of H-pyrrole nitrogens is 1. The summed E-state index contributed by atoms with van der Waals surface area (Å²) in [5, 5.41) is 2.33. The summed E-state index contributed by atoms with van der Waals surface area (Å²) in [6.07, 6.45) is -4.18. The molecule has 0 aliphatic rings. The molecule has 5 nitrogen and oxygen atoms in total. The molecule has 1 amide bonds. The van der Waals surface area contributed by atoms with Crippen molar-refractivity contribution in [3.63, 3.8) is 0 Å². The minimum atomic E-state index is -4.87. The van der Waals surface area contributed by atoms with Crippen LogP contribution in [0.15, 0.2) is 29.2 Å². The minimum absolute atomic E-state index is 0.132. The van der Waals surface area contributed by atoms with Crippen LogP contribution in [0.1, 0.15) is 21.5 Å². The van der Waals surface area contributed by atoms with Gasteiger partial charge in [-0.05, 0) is 18.6 Å². The molecule has 134 valence electrons. The van der Waals surface area contributed by atoms with E-state index in [0.29, 0.717) is 12.3 Å². The van der Waals surface area contributed by atoms with Gasteiger partial charge in [-0.25, -0.2) is 4.39 Å². The monoisotopic (exact) mass is 581 g/mol. The number of hydrogen-bond donors (Lipinski definition) is 2. The number of aromatic nitrogens is 1. The summed E-state index contributed by atoms with van der Waals surface area (Å²) in [6, 6.07) is 2.78. The standard InChI is InChI=1S/C14H9F4I2N3O2/c1-6-2-10(11(23(19)20)4-9(6)15)22-13(25)7-5-21-12(24)3-8(7)14(16,17)18/h2-5H,1H3,(H,21,24)(H,22,25). The predicted molar refractivity (Wildman–Crippen MR) is 102 cm³/mol. The summed E-state index contributed by atoms with van der Waals surface area (Å²) in [4.78, 5) is 25.5. The van der Waals surface area contributed by atoms with Crippen molar-refractivity contribution in [1.82, 2.24) is 4.98 Å². The molecule has 0 unspecified atom stereocenters. The highest BCUT2D eigenvalue weighted by Gasteiger charge is 2.36. The first-order chi connectivity index (χ1) is 11.5. The highest BCUT2D eigenvalue weighted by molar-refractivity contribution is 14.2. The molecule has 1 heterocycles. The summed E-state index contributed by atoms with van der Waals surface area (Å²) in [7, 11) is 0. The molecule has 2 aromatic rings. The van der Waals surface area contributed by atoms with E-state index in [-0.39, 0.29) is 16.9 Å². The van der Waals surface area contributed by atoms with Crippen LogP contribution in [-0.4, -0.2) is 10.9 Å². The van der Waals surface area contributed by atoms with Crippen LogP contribution >= 0.6 is 45.7 Å². The lowest BCUT2D eigenvalue weighted by Crippen LogP contribution is -2.23. The van der Waals surface area contributed by atoms with Crippen LogP contribution in [0.5, 0.6) is 0 Å². The Hall–Kier alpha value is -1.38. The van der Waals surface area contributed by atoms with Gasteiger partial charge in [0, 0.05) is 18.3 Å². The number of aryl methyl sites for hydroxylation is 1. The molecule has 0 bridgehead atoms. The van der Waals surface area contributed by atoms with Crippen molar-refractivity contribution in [3.05, 3.63) is 57.3 Å². The smallest absolute Gasteiger partial charge is 0.328 e. The SMILES string of the molecule is Cc1cc(NC(=O)c2c[nH]c(=O)cc2C(F)(F)F)c(N(I)I)cc1F. The molecule has 0 saturated carbocycles. The lowest BCUT2D eigenvalue weighted by molar-refractivity contribution is -0.138. The van der Waals surface area contributed by atoms with E-state index in [1.54, 1.807) is 0 Å². The third kappa shape index (κ3) is 4.62. The number of hydrogen-bond acceptors (Lipinski definition) is 3. The first kappa shape index (κ1) is 19.9. The maximum atomic E-state index is 13.7. The Morgan fingerprint density at radius 1 is 1.24 bits per heavy atom. The molecule has 0 spiro atoms. The van der Waals surface area contributed by atoms with E-state index in [1.807, 2.05) is 50.7 Å².